The Morgan fingerprint density at radius 3 is 2.50 bits per heavy atom. The third kappa shape index (κ3) is 2.83. The van der Waals surface area contributed by atoms with Gasteiger partial charge in [-0.25, -0.2) is 13.5 Å². The number of hydrogen-bond acceptors (Lipinski definition) is 5. The Bertz CT molecular complexity index is 954. The van der Waals surface area contributed by atoms with Gasteiger partial charge in [-0.2, -0.15) is 0 Å². The van der Waals surface area contributed by atoms with E-state index in [4.69, 9.17) is 0 Å². The topological polar surface area (TPSA) is 70.0 Å². The van der Waals surface area contributed by atoms with Crippen molar-refractivity contribution in [2.45, 2.75) is 9.79 Å². The molecule has 0 spiro atoms. The lowest BCUT2D eigenvalue weighted by Gasteiger charge is -2.14. The predicted molar refractivity (Wildman–Crippen MR) is 87.5 cm³/mol. The van der Waals surface area contributed by atoms with Crippen LogP contribution in [-0.2, 0) is 9.84 Å². The van der Waals surface area contributed by atoms with Crippen LogP contribution in [-0.4, -0.2) is 25.4 Å². The van der Waals surface area contributed by atoms with Gasteiger partial charge in [0, 0.05) is 20.4 Å². The number of benzene rings is 2. The lowest BCUT2D eigenvalue weighted by molar-refractivity contribution is -0.0200. The monoisotopic (exact) mass is 444 g/mol. The molecule has 5 nitrogen and oxygen atoms in total. The Morgan fingerprint density at radius 1 is 1.14 bits per heavy atom. The van der Waals surface area contributed by atoms with E-state index in [1.165, 1.54) is 12.3 Å². The van der Waals surface area contributed by atoms with Crippen molar-refractivity contribution in [1.82, 2.24) is 5.06 Å². The number of para-hydroxylation sites is 1. The Morgan fingerprint density at radius 2 is 1.82 bits per heavy atom. The summed E-state index contributed by atoms with van der Waals surface area (Å²) in [5.74, 6) is 0. The Labute approximate surface area is 143 Å². The molecule has 8 heteroatoms. The van der Waals surface area contributed by atoms with E-state index in [9.17, 15) is 13.6 Å². The molecule has 1 aliphatic rings. The summed E-state index contributed by atoms with van der Waals surface area (Å²) in [5.41, 5.74) is 0. The largest absolute Gasteiger partial charge is 0.287 e. The van der Waals surface area contributed by atoms with Crippen LogP contribution in [0.4, 0.5) is 0 Å². The second kappa shape index (κ2) is 5.77. The molecular formula is C14H10Br2N2O3S. The van der Waals surface area contributed by atoms with Gasteiger partial charge in [0.2, 0.25) is 9.84 Å². The lowest BCUT2D eigenvalue weighted by atomic mass is 10.3. The summed E-state index contributed by atoms with van der Waals surface area (Å²) >= 11 is 6.59. The number of halogens is 2. The maximum atomic E-state index is 12.9. The number of sulfone groups is 1. The fourth-order valence-corrected chi connectivity index (χ4v) is 5.29. The number of rotatable bonds is 2. The summed E-state index contributed by atoms with van der Waals surface area (Å²) in [6.07, 6.45) is 1.46. The maximum Gasteiger partial charge on any atom is 0.208 e. The zero-order valence-corrected chi connectivity index (χ0v) is 15.1. The van der Waals surface area contributed by atoms with E-state index in [2.05, 4.69) is 36.9 Å². The molecule has 0 aromatic heterocycles. The van der Waals surface area contributed by atoms with Gasteiger partial charge in [0.1, 0.15) is 6.67 Å². The van der Waals surface area contributed by atoms with E-state index in [0.717, 1.165) is 5.06 Å². The molecule has 0 atom stereocenters. The van der Waals surface area contributed by atoms with Gasteiger partial charge in [-0.1, -0.05) is 44.0 Å². The standard InChI is InChI=1S/C14H10Br2N2O3S/c15-10-4-11(16)6-12(5-10)22(20,21)13-3-1-2-9-7-18(19)8-17-14(9)13/h1-7,19H,8H2. The number of hydroxylamine groups is 2. The Balaban J connectivity index is 2.28. The van der Waals surface area contributed by atoms with Gasteiger partial charge in [0.05, 0.1) is 15.1 Å². The molecular weight excluding hydrogens is 436 g/mol. The molecule has 0 radical (unpaired) electrons. The second-order valence-corrected chi connectivity index (χ2v) is 8.42. The molecule has 0 amide bonds. The third-order valence-electron chi connectivity index (χ3n) is 3.13. The zero-order chi connectivity index (χ0) is 15.9. The van der Waals surface area contributed by atoms with Crippen molar-refractivity contribution in [3.05, 3.63) is 55.9 Å². The van der Waals surface area contributed by atoms with Gasteiger partial charge >= 0.3 is 0 Å². The molecule has 0 saturated carbocycles. The fourth-order valence-electron chi connectivity index (χ4n) is 2.18. The first kappa shape index (κ1) is 15.7. The van der Waals surface area contributed by atoms with E-state index in [-0.39, 0.29) is 16.5 Å². The van der Waals surface area contributed by atoms with Crippen LogP contribution >= 0.6 is 31.9 Å². The van der Waals surface area contributed by atoms with E-state index in [0.29, 0.717) is 19.5 Å². The molecule has 0 aliphatic carbocycles. The summed E-state index contributed by atoms with van der Waals surface area (Å²) in [4.78, 5) is 4.45. The molecule has 3 rings (SSSR count). The maximum absolute atomic E-state index is 12.9. The quantitative estimate of drug-likeness (QED) is 0.768. The minimum absolute atomic E-state index is 0.00170. The molecule has 1 aliphatic heterocycles. The average Bonchev–Trinajstić information content (AvgIpc) is 2.45. The third-order valence-corrected chi connectivity index (χ3v) is 5.81. The minimum atomic E-state index is -3.72. The van der Waals surface area contributed by atoms with Crippen molar-refractivity contribution < 1.29 is 13.6 Å². The van der Waals surface area contributed by atoms with Crippen molar-refractivity contribution in [1.29, 1.82) is 0 Å². The Hall–Kier alpha value is -1.22. The first-order valence-electron chi connectivity index (χ1n) is 6.20. The fraction of sp³-hybridized carbons (Fsp3) is 0.0714. The van der Waals surface area contributed by atoms with Crippen LogP contribution in [0.3, 0.4) is 0 Å². The van der Waals surface area contributed by atoms with E-state index in [1.54, 1.807) is 30.3 Å². The normalized spacial score (nSPS) is 14.0. The number of nitrogens with zero attached hydrogens (tertiary/aromatic N) is 2. The van der Waals surface area contributed by atoms with Crippen molar-refractivity contribution >= 4 is 47.9 Å². The summed E-state index contributed by atoms with van der Waals surface area (Å²) in [7, 11) is -3.72. The van der Waals surface area contributed by atoms with Crippen LogP contribution in [0.15, 0.2) is 60.1 Å². The average molecular weight is 446 g/mol. The summed E-state index contributed by atoms with van der Waals surface area (Å²) in [6, 6.07) is 9.71. The molecule has 2 aromatic rings. The van der Waals surface area contributed by atoms with E-state index < -0.39 is 9.84 Å². The molecule has 0 bridgehead atoms. The first-order chi connectivity index (χ1) is 10.4. The van der Waals surface area contributed by atoms with Crippen molar-refractivity contribution in [3.8, 4) is 0 Å². The number of fused-ring (bicyclic) bond motifs is 1. The highest BCUT2D eigenvalue weighted by molar-refractivity contribution is 9.11. The van der Waals surface area contributed by atoms with Gasteiger partial charge in [-0.05, 0) is 24.3 Å². The van der Waals surface area contributed by atoms with Crippen LogP contribution < -0.4 is 10.6 Å². The predicted octanol–water partition coefficient (Wildman–Crippen LogP) is 2.06. The van der Waals surface area contributed by atoms with Crippen LogP contribution in [0.5, 0.6) is 0 Å². The highest BCUT2D eigenvalue weighted by atomic mass is 79.9. The molecule has 0 unspecified atom stereocenters. The molecule has 0 fully saturated rings. The van der Waals surface area contributed by atoms with Crippen LogP contribution in [0.25, 0.3) is 6.20 Å². The summed E-state index contributed by atoms with van der Waals surface area (Å²) in [6.45, 7) is 0.00170. The second-order valence-electron chi connectivity index (χ2n) is 4.67. The van der Waals surface area contributed by atoms with Gasteiger partial charge in [-0.15, -0.1) is 0 Å². The van der Waals surface area contributed by atoms with Crippen LogP contribution in [0.2, 0.25) is 0 Å². The van der Waals surface area contributed by atoms with Crippen molar-refractivity contribution in [3.63, 3.8) is 0 Å². The van der Waals surface area contributed by atoms with Crippen molar-refractivity contribution in [2.24, 2.45) is 4.99 Å². The highest BCUT2D eigenvalue weighted by Gasteiger charge is 2.22. The van der Waals surface area contributed by atoms with Gasteiger partial charge in [-0.3, -0.25) is 10.2 Å². The minimum Gasteiger partial charge on any atom is -0.287 e. The molecule has 114 valence electrons. The summed E-state index contributed by atoms with van der Waals surface area (Å²) < 4.78 is 27.1. The van der Waals surface area contributed by atoms with Crippen LogP contribution in [0, 0.1) is 0 Å². The first-order valence-corrected chi connectivity index (χ1v) is 9.27. The van der Waals surface area contributed by atoms with E-state index in [1.807, 2.05) is 0 Å². The van der Waals surface area contributed by atoms with Gasteiger partial charge in [0.15, 0.2) is 0 Å². The number of hydrogen-bond donors (Lipinski definition) is 1. The molecule has 1 N–H and O–H groups in total. The molecule has 1 heterocycles. The SMILES string of the molecule is O=S(=O)(c1cc(Br)cc(Br)c1)c1cccc2c1=NCN(O)C=2. The van der Waals surface area contributed by atoms with Crippen molar-refractivity contribution in [2.75, 3.05) is 6.67 Å². The summed E-state index contributed by atoms with van der Waals surface area (Å²) in [5, 5.41) is 11.3. The Kier molecular flexibility index (Phi) is 4.11. The zero-order valence-electron chi connectivity index (χ0n) is 11.1. The smallest absolute Gasteiger partial charge is 0.208 e. The lowest BCUT2D eigenvalue weighted by Crippen LogP contribution is -2.37. The molecule has 2 aromatic carbocycles. The van der Waals surface area contributed by atoms with Gasteiger partial charge < -0.3 is 0 Å². The molecule has 0 saturated heterocycles. The van der Waals surface area contributed by atoms with E-state index >= 15 is 0 Å². The highest BCUT2D eigenvalue weighted by Crippen LogP contribution is 2.26. The molecule has 22 heavy (non-hydrogen) atoms. The van der Waals surface area contributed by atoms with Gasteiger partial charge in [0.25, 0.3) is 0 Å². The van der Waals surface area contributed by atoms with Crippen LogP contribution in [0.1, 0.15) is 0 Å².